The number of anilines is 1. The fraction of sp³-hybridized carbons (Fsp3) is 0.200. The van der Waals surface area contributed by atoms with E-state index in [1.54, 1.807) is 55.5 Å². The smallest absolute Gasteiger partial charge is 0.265 e. The van der Waals surface area contributed by atoms with Crippen LogP contribution in [0, 0.1) is 0 Å². The minimum absolute atomic E-state index is 0.110. The topological polar surface area (TPSA) is 135 Å². The molecule has 4 N–H and O–H groups in total. The fourth-order valence-electron chi connectivity index (χ4n) is 3.15. The maximum atomic E-state index is 11.4. The van der Waals surface area contributed by atoms with Gasteiger partial charge < -0.3 is 15.6 Å². The molecule has 0 spiro atoms. The van der Waals surface area contributed by atoms with Crippen molar-refractivity contribution in [1.29, 1.82) is 0 Å². The van der Waals surface area contributed by atoms with Crippen LogP contribution in [0.25, 0.3) is 10.8 Å². The Kier molecular flexibility index (Phi) is 5.71. The van der Waals surface area contributed by atoms with E-state index >= 15 is 0 Å². The summed E-state index contributed by atoms with van der Waals surface area (Å²) in [6, 6.07) is 13.5. The highest BCUT2D eigenvalue weighted by Gasteiger charge is 2.20. The SMILES string of the molecule is COc1ccccc1N=Nc1cc(C(C)CS(=O)(=O)O)c2cc(N)ccc2c1O. The predicted octanol–water partition coefficient (Wildman–Crippen LogP) is 4.54. The van der Waals surface area contributed by atoms with Crippen LogP contribution in [0.2, 0.25) is 0 Å². The van der Waals surface area contributed by atoms with E-state index < -0.39 is 21.8 Å². The molecule has 3 rings (SSSR count). The summed E-state index contributed by atoms with van der Waals surface area (Å²) >= 11 is 0. The first-order chi connectivity index (χ1) is 13.7. The quantitative estimate of drug-likeness (QED) is 0.307. The Bertz CT molecular complexity index is 1190. The molecular weight excluding hydrogens is 394 g/mol. The average Bonchev–Trinajstić information content (AvgIpc) is 2.66. The number of methoxy groups -OCH3 is 1. The minimum atomic E-state index is -4.20. The molecule has 0 aliphatic carbocycles. The van der Waals surface area contributed by atoms with Gasteiger partial charge in [0.2, 0.25) is 0 Å². The minimum Gasteiger partial charge on any atom is -0.505 e. The maximum Gasteiger partial charge on any atom is 0.265 e. The van der Waals surface area contributed by atoms with Crippen molar-refractivity contribution < 1.29 is 22.8 Å². The highest BCUT2D eigenvalue weighted by molar-refractivity contribution is 7.85. The van der Waals surface area contributed by atoms with Crippen molar-refractivity contribution in [3.63, 3.8) is 0 Å². The second kappa shape index (κ2) is 8.06. The van der Waals surface area contributed by atoms with Crippen molar-refractivity contribution in [1.82, 2.24) is 0 Å². The van der Waals surface area contributed by atoms with E-state index in [9.17, 15) is 18.1 Å². The number of phenols is 1. The molecule has 152 valence electrons. The molecule has 0 radical (unpaired) electrons. The van der Waals surface area contributed by atoms with Crippen LogP contribution < -0.4 is 10.5 Å². The Labute approximate surface area is 168 Å². The number of fused-ring (bicyclic) bond motifs is 1. The van der Waals surface area contributed by atoms with E-state index in [0.29, 0.717) is 33.5 Å². The zero-order valence-corrected chi connectivity index (χ0v) is 16.7. The molecule has 0 heterocycles. The third-order valence-electron chi connectivity index (χ3n) is 4.49. The van der Waals surface area contributed by atoms with Crippen LogP contribution in [0.5, 0.6) is 11.5 Å². The highest BCUT2D eigenvalue weighted by atomic mass is 32.2. The Morgan fingerprint density at radius 1 is 1.07 bits per heavy atom. The molecular formula is C20H21N3O5S. The van der Waals surface area contributed by atoms with E-state index in [1.807, 2.05) is 0 Å². The van der Waals surface area contributed by atoms with E-state index in [4.69, 9.17) is 10.5 Å². The monoisotopic (exact) mass is 415 g/mol. The van der Waals surface area contributed by atoms with Crippen molar-refractivity contribution >= 4 is 38.0 Å². The molecule has 0 fully saturated rings. The van der Waals surface area contributed by atoms with Crippen LogP contribution in [0.15, 0.2) is 58.8 Å². The van der Waals surface area contributed by atoms with Gasteiger partial charge in [-0.3, -0.25) is 4.55 Å². The largest absolute Gasteiger partial charge is 0.505 e. The number of para-hydroxylation sites is 1. The molecule has 0 aromatic heterocycles. The van der Waals surface area contributed by atoms with Crippen molar-refractivity contribution in [2.24, 2.45) is 10.2 Å². The van der Waals surface area contributed by atoms with Gasteiger partial charge in [0.1, 0.15) is 17.1 Å². The summed E-state index contributed by atoms with van der Waals surface area (Å²) in [5, 5.41) is 20.0. The third-order valence-corrected chi connectivity index (χ3v) is 5.41. The molecule has 1 unspecified atom stereocenters. The summed E-state index contributed by atoms with van der Waals surface area (Å²) in [5.41, 5.74) is 7.52. The second-order valence-corrected chi connectivity index (χ2v) is 8.16. The maximum absolute atomic E-state index is 11.4. The van der Waals surface area contributed by atoms with Crippen LogP contribution in [-0.4, -0.2) is 30.9 Å². The van der Waals surface area contributed by atoms with Gasteiger partial charge in [-0.25, -0.2) is 0 Å². The number of aromatic hydroxyl groups is 1. The van der Waals surface area contributed by atoms with Crippen molar-refractivity contribution in [2.75, 3.05) is 18.6 Å². The molecule has 0 bridgehead atoms. The van der Waals surface area contributed by atoms with Gasteiger partial charge in [-0.1, -0.05) is 19.1 Å². The molecule has 0 amide bonds. The number of nitrogens with two attached hydrogens (primary N) is 1. The van der Waals surface area contributed by atoms with Crippen LogP contribution in [0.1, 0.15) is 18.4 Å². The first kappa shape index (κ1) is 20.6. The lowest BCUT2D eigenvalue weighted by Gasteiger charge is -2.16. The first-order valence-electron chi connectivity index (χ1n) is 8.74. The van der Waals surface area contributed by atoms with E-state index in [2.05, 4.69) is 10.2 Å². The van der Waals surface area contributed by atoms with E-state index in [-0.39, 0.29) is 11.4 Å². The fourth-order valence-corrected chi connectivity index (χ4v) is 3.96. The molecule has 3 aromatic rings. The van der Waals surface area contributed by atoms with Gasteiger partial charge in [0.25, 0.3) is 10.1 Å². The number of benzene rings is 3. The normalized spacial score (nSPS) is 13.1. The number of rotatable bonds is 6. The lowest BCUT2D eigenvalue weighted by Crippen LogP contribution is -2.11. The van der Waals surface area contributed by atoms with Crippen LogP contribution >= 0.6 is 0 Å². The van der Waals surface area contributed by atoms with Gasteiger partial charge in [-0.05, 0) is 53.3 Å². The van der Waals surface area contributed by atoms with Crippen LogP contribution in [0.4, 0.5) is 17.1 Å². The van der Waals surface area contributed by atoms with Gasteiger partial charge >= 0.3 is 0 Å². The van der Waals surface area contributed by atoms with Gasteiger partial charge in [-0.15, -0.1) is 10.2 Å². The average molecular weight is 415 g/mol. The summed E-state index contributed by atoms with van der Waals surface area (Å²) < 4.78 is 37.2. The zero-order chi connectivity index (χ0) is 21.2. The Balaban J connectivity index is 2.16. The summed E-state index contributed by atoms with van der Waals surface area (Å²) in [7, 11) is -2.69. The number of nitrogens with zero attached hydrogens (tertiary/aromatic N) is 2. The Hall–Kier alpha value is -3.17. The van der Waals surface area contributed by atoms with E-state index in [1.165, 1.54) is 7.11 Å². The molecule has 3 aromatic carbocycles. The Morgan fingerprint density at radius 2 is 1.76 bits per heavy atom. The molecule has 0 saturated carbocycles. The van der Waals surface area contributed by atoms with E-state index in [0.717, 1.165) is 0 Å². The summed E-state index contributed by atoms with van der Waals surface area (Å²) in [6.45, 7) is 1.66. The molecule has 0 aliphatic heterocycles. The second-order valence-electron chi connectivity index (χ2n) is 6.66. The number of hydrogen-bond acceptors (Lipinski definition) is 7. The third kappa shape index (κ3) is 4.64. The van der Waals surface area contributed by atoms with Crippen molar-refractivity contribution in [2.45, 2.75) is 12.8 Å². The van der Waals surface area contributed by atoms with Gasteiger partial charge in [0.15, 0.2) is 5.75 Å². The molecule has 8 nitrogen and oxygen atoms in total. The van der Waals surface area contributed by atoms with Crippen LogP contribution in [0.3, 0.4) is 0 Å². The van der Waals surface area contributed by atoms with Crippen molar-refractivity contribution in [3.05, 3.63) is 54.1 Å². The summed E-state index contributed by atoms with van der Waals surface area (Å²) in [4.78, 5) is 0. The highest BCUT2D eigenvalue weighted by Crippen LogP contribution is 2.41. The lowest BCUT2D eigenvalue weighted by molar-refractivity contribution is 0.416. The summed E-state index contributed by atoms with van der Waals surface area (Å²) in [5.74, 6) is -0.647. The number of hydrogen-bond donors (Lipinski definition) is 3. The van der Waals surface area contributed by atoms with Crippen molar-refractivity contribution in [3.8, 4) is 11.5 Å². The Morgan fingerprint density at radius 3 is 2.45 bits per heavy atom. The molecule has 0 aliphatic rings. The van der Waals surface area contributed by atoms with Gasteiger partial charge in [-0.2, -0.15) is 8.42 Å². The molecule has 29 heavy (non-hydrogen) atoms. The lowest BCUT2D eigenvalue weighted by atomic mass is 9.94. The summed E-state index contributed by atoms with van der Waals surface area (Å²) in [6.07, 6.45) is 0. The molecule has 1 atom stereocenters. The van der Waals surface area contributed by atoms with Crippen LogP contribution in [-0.2, 0) is 10.1 Å². The zero-order valence-electron chi connectivity index (χ0n) is 15.9. The standard InChI is InChI=1S/C20H21N3O5S/c1-12(11-29(25,26)27)15-10-18(20(24)14-8-7-13(21)9-16(14)15)23-22-17-5-3-4-6-19(17)28-2/h3-10,12,24H,11,21H2,1-2H3,(H,25,26,27). The number of azo groups is 1. The first-order valence-corrected chi connectivity index (χ1v) is 10.4. The number of ether oxygens (including phenoxy) is 1. The molecule has 9 heteroatoms. The molecule has 0 saturated heterocycles. The predicted molar refractivity (Wildman–Crippen MR) is 112 cm³/mol. The number of nitrogen functional groups attached to an aromatic ring is 1. The van der Waals surface area contributed by atoms with Gasteiger partial charge in [0.05, 0.1) is 12.9 Å². The number of phenolic OH excluding ortho intramolecular Hbond substituents is 1. The van der Waals surface area contributed by atoms with Gasteiger partial charge in [0, 0.05) is 11.1 Å².